The van der Waals surface area contributed by atoms with Crippen LogP contribution in [-0.4, -0.2) is 27.9 Å². The van der Waals surface area contributed by atoms with E-state index < -0.39 is 12.0 Å². The topological polar surface area (TPSA) is 82.2 Å². The number of fused-ring (bicyclic) bond motifs is 1. The second-order valence-electron chi connectivity index (χ2n) is 5.04. The minimum atomic E-state index is -0.948. The van der Waals surface area contributed by atoms with Crippen molar-refractivity contribution in [2.45, 2.75) is 26.3 Å². The molecule has 2 rings (SSSR count). The Labute approximate surface area is 122 Å². The Morgan fingerprint density at radius 3 is 2.71 bits per heavy atom. The second kappa shape index (κ2) is 6.26. The fraction of sp³-hybridized carbons (Fsp3) is 0.250. The molecule has 5 heteroatoms. The molecule has 110 valence electrons. The van der Waals surface area contributed by atoms with Crippen LogP contribution in [-0.2, 0) is 16.0 Å². The van der Waals surface area contributed by atoms with Gasteiger partial charge in [-0.1, -0.05) is 18.2 Å². The lowest BCUT2D eigenvalue weighted by molar-refractivity contribution is -0.139. The summed E-state index contributed by atoms with van der Waals surface area (Å²) in [6.07, 6.45) is 3.56. The smallest absolute Gasteiger partial charge is 0.326 e. The summed E-state index contributed by atoms with van der Waals surface area (Å²) < 4.78 is 0. The summed E-state index contributed by atoms with van der Waals surface area (Å²) in [5.41, 5.74) is 2.46. The third kappa shape index (κ3) is 3.72. The summed E-state index contributed by atoms with van der Waals surface area (Å²) in [4.78, 5) is 25.6. The van der Waals surface area contributed by atoms with E-state index in [4.69, 9.17) is 0 Å². The molecule has 3 N–H and O–H groups in total. The van der Waals surface area contributed by atoms with Gasteiger partial charge in [0, 0.05) is 29.2 Å². The molecule has 0 aliphatic rings. The fourth-order valence-corrected chi connectivity index (χ4v) is 2.34. The number of hydrogen-bond donors (Lipinski definition) is 3. The molecule has 21 heavy (non-hydrogen) atoms. The monoisotopic (exact) mass is 286 g/mol. The summed E-state index contributed by atoms with van der Waals surface area (Å²) in [6, 6.07) is 6.97. The van der Waals surface area contributed by atoms with Crippen molar-refractivity contribution in [1.29, 1.82) is 0 Å². The summed E-state index contributed by atoms with van der Waals surface area (Å²) in [7, 11) is 0. The molecule has 0 unspecified atom stereocenters. The number of carbonyl (C=O) groups excluding carboxylic acids is 1. The first-order chi connectivity index (χ1) is 9.97. The lowest BCUT2D eigenvalue weighted by Gasteiger charge is -2.15. The van der Waals surface area contributed by atoms with Crippen LogP contribution in [0.2, 0.25) is 0 Å². The van der Waals surface area contributed by atoms with Crippen LogP contribution in [0.4, 0.5) is 0 Å². The highest BCUT2D eigenvalue weighted by Gasteiger charge is 2.19. The molecule has 0 saturated heterocycles. The van der Waals surface area contributed by atoms with E-state index in [1.165, 1.54) is 13.0 Å². The number of hydrogen-bond acceptors (Lipinski definition) is 3. The van der Waals surface area contributed by atoms with Gasteiger partial charge in [0.25, 0.3) is 0 Å². The molecule has 0 saturated carbocycles. The number of allylic oxidation sites excluding steroid dienone is 2. The third-order valence-electron chi connectivity index (χ3n) is 3.22. The molecule has 0 fully saturated rings. The average Bonchev–Trinajstić information content (AvgIpc) is 2.80. The van der Waals surface area contributed by atoms with Crippen molar-refractivity contribution < 1.29 is 14.7 Å². The largest absolute Gasteiger partial charge is 0.480 e. The standard InChI is InChI=1S/C16H18N2O3/c1-10(7-11(2)19)18-15(16(20)21)8-12-9-17-14-6-4-3-5-13(12)14/h3-7,9,15,17-18H,8H2,1-2H3,(H,20,21)/b10-7+/t15-/m1/s1. The lowest BCUT2D eigenvalue weighted by Crippen LogP contribution is -2.37. The van der Waals surface area contributed by atoms with Crippen LogP contribution in [0.25, 0.3) is 10.9 Å². The fourth-order valence-electron chi connectivity index (χ4n) is 2.34. The number of aromatic nitrogens is 1. The number of aromatic amines is 1. The summed E-state index contributed by atoms with van der Waals surface area (Å²) in [5, 5.41) is 13.2. The van der Waals surface area contributed by atoms with E-state index in [0.717, 1.165) is 16.5 Å². The maximum absolute atomic E-state index is 11.4. The van der Waals surface area contributed by atoms with Gasteiger partial charge in [-0.2, -0.15) is 0 Å². The van der Waals surface area contributed by atoms with E-state index in [1.54, 1.807) is 6.92 Å². The number of carboxylic acid groups (broad SMARTS) is 1. The Hall–Kier alpha value is -2.56. The zero-order valence-corrected chi connectivity index (χ0v) is 12.0. The molecule has 1 aromatic heterocycles. The van der Waals surface area contributed by atoms with E-state index in [9.17, 15) is 14.7 Å². The molecule has 0 aliphatic carbocycles. The van der Waals surface area contributed by atoms with Crippen LogP contribution in [0.5, 0.6) is 0 Å². The van der Waals surface area contributed by atoms with Gasteiger partial charge in [-0.05, 0) is 31.6 Å². The van der Waals surface area contributed by atoms with E-state index in [2.05, 4.69) is 10.3 Å². The van der Waals surface area contributed by atoms with E-state index in [0.29, 0.717) is 12.1 Å². The number of rotatable bonds is 6. The minimum Gasteiger partial charge on any atom is -0.480 e. The number of nitrogens with one attached hydrogen (secondary N) is 2. The number of ketones is 1. The van der Waals surface area contributed by atoms with Crippen LogP contribution < -0.4 is 5.32 Å². The molecular formula is C16H18N2O3. The van der Waals surface area contributed by atoms with Crippen molar-refractivity contribution in [3.63, 3.8) is 0 Å². The van der Waals surface area contributed by atoms with Gasteiger partial charge in [0.05, 0.1) is 0 Å². The number of carboxylic acids is 1. The molecule has 5 nitrogen and oxygen atoms in total. The van der Waals surface area contributed by atoms with Gasteiger partial charge in [0.2, 0.25) is 0 Å². The minimum absolute atomic E-state index is 0.115. The zero-order valence-electron chi connectivity index (χ0n) is 12.0. The van der Waals surface area contributed by atoms with E-state index in [1.807, 2.05) is 30.5 Å². The Morgan fingerprint density at radius 1 is 1.33 bits per heavy atom. The van der Waals surface area contributed by atoms with Gasteiger partial charge in [0.15, 0.2) is 5.78 Å². The molecule has 1 aromatic carbocycles. The zero-order chi connectivity index (χ0) is 15.4. The first-order valence-electron chi connectivity index (χ1n) is 6.70. The Morgan fingerprint density at radius 2 is 2.05 bits per heavy atom. The first-order valence-corrected chi connectivity index (χ1v) is 6.70. The highest BCUT2D eigenvalue weighted by Crippen LogP contribution is 2.19. The number of H-pyrrole nitrogens is 1. The molecule has 0 aliphatic heterocycles. The van der Waals surface area contributed by atoms with Gasteiger partial charge in [-0.3, -0.25) is 4.79 Å². The van der Waals surface area contributed by atoms with Crippen LogP contribution in [0, 0.1) is 0 Å². The van der Waals surface area contributed by atoms with Crippen LogP contribution in [0.3, 0.4) is 0 Å². The van der Waals surface area contributed by atoms with Gasteiger partial charge in [-0.25, -0.2) is 4.79 Å². The van der Waals surface area contributed by atoms with Gasteiger partial charge >= 0.3 is 5.97 Å². The van der Waals surface area contributed by atoms with Crippen molar-refractivity contribution >= 4 is 22.7 Å². The molecule has 1 atom stereocenters. The normalized spacial score (nSPS) is 13.1. The molecule has 1 heterocycles. The average molecular weight is 286 g/mol. The predicted octanol–water partition coefficient (Wildman–Crippen LogP) is 2.25. The first kappa shape index (κ1) is 14.8. The number of carbonyl (C=O) groups is 2. The highest BCUT2D eigenvalue weighted by molar-refractivity contribution is 5.88. The van der Waals surface area contributed by atoms with Crippen molar-refractivity contribution in [3.8, 4) is 0 Å². The Kier molecular flexibility index (Phi) is 4.42. The lowest BCUT2D eigenvalue weighted by atomic mass is 10.0. The van der Waals surface area contributed by atoms with Crippen molar-refractivity contribution in [3.05, 3.63) is 47.8 Å². The van der Waals surface area contributed by atoms with E-state index in [-0.39, 0.29) is 5.78 Å². The van der Waals surface area contributed by atoms with Crippen molar-refractivity contribution in [2.75, 3.05) is 0 Å². The number of benzene rings is 1. The molecule has 2 aromatic rings. The molecule has 0 bridgehead atoms. The second-order valence-corrected chi connectivity index (χ2v) is 5.04. The summed E-state index contributed by atoms with van der Waals surface area (Å²) in [6.45, 7) is 3.12. The van der Waals surface area contributed by atoms with Gasteiger partial charge < -0.3 is 15.4 Å². The number of para-hydroxylation sites is 1. The summed E-state index contributed by atoms with van der Waals surface area (Å²) in [5.74, 6) is -1.06. The van der Waals surface area contributed by atoms with E-state index >= 15 is 0 Å². The van der Waals surface area contributed by atoms with Gasteiger partial charge in [0.1, 0.15) is 6.04 Å². The van der Waals surface area contributed by atoms with Crippen LogP contribution in [0.15, 0.2) is 42.2 Å². The highest BCUT2D eigenvalue weighted by atomic mass is 16.4. The SMILES string of the molecule is CC(=O)/C=C(\C)N[C@H](Cc1c[nH]c2ccccc12)C(=O)O. The number of aliphatic carboxylic acids is 1. The molecular weight excluding hydrogens is 268 g/mol. The summed E-state index contributed by atoms with van der Waals surface area (Å²) >= 11 is 0. The molecule has 0 spiro atoms. The maximum Gasteiger partial charge on any atom is 0.326 e. The van der Waals surface area contributed by atoms with Crippen LogP contribution >= 0.6 is 0 Å². The molecule has 0 radical (unpaired) electrons. The molecule has 0 amide bonds. The Balaban J connectivity index is 2.20. The quantitative estimate of drug-likeness (QED) is 0.711. The Bertz CT molecular complexity index is 700. The maximum atomic E-state index is 11.4. The van der Waals surface area contributed by atoms with Gasteiger partial charge in [-0.15, -0.1) is 0 Å². The van der Waals surface area contributed by atoms with Crippen molar-refractivity contribution in [2.24, 2.45) is 0 Å². The third-order valence-corrected chi connectivity index (χ3v) is 3.22. The van der Waals surface area contributed by atoms with Crippen LogP contribution in [0.1, 0.15) is 19.4 Å². The predicted molar refractivity (Wildman–Crippen MR) is 81.0 cm³/mol. The van der Waals surface area contributed by atoms with Crippen molar-refractivity contribution in [1.82, 2.24) is 10.3 Å².